The van der Waals surface area contributed by atoms with E-state index in [0.717, 1.165) is 36.7 Å². The first-order valence-electron chi connectivity index (χ1n) is 12.5. The van der Waals surface area contributed by atoms with E-state index in [0.29, 0.717) is 32.4 Å². The van der Waals surface area contributed by atoms with Crippen LogP contribution in [0.4, 0.5) is 4.79 Å². The minimum Gasteiger partial charge on any atom is -0.497 e. The number of hydrogen-bond donors (Lipinski definition) is 0. The van der Waals surface area contributed by atoms with Crippen LogP contribution in [0.15, 0.2) is 48.5 Å². The fourth-order valence-corrected chi connectivity index (χ4v) is 5.21. The molecule has 2 saturated heterocycles. The molecular formula is C28H37N3O4. The molecule has 0 N–H and O–H groups in total. The SMILES string of the molecule is COc1ccc(CCN2C(=O)N(CC(C)C)C(=O)C23CCN(Cc2ccc(OC)cc2)CC3)cc1. The van der Waals surface area contributed by atoms with Gasteiger partial charge in [-0.2, -0.15) is 0 Å². The molecule has 7 heteroatoms. The van der Waals surface area contributed by atoms with Gasteiger partial charge in [-0.25, -0.2) is 4.79 Å². The number of carbonyl (C=O) groups excluding carboxylic acids is 2. The van der Waals surface area contributed by atoms with Crippen LogP contribution in [-0.4, -0.2) is 72.6 Å². The van der Waals surface area contributed by atoms with Crippen molar-refractivity contribution in [2.24, 2.45) is 5.92 Å². The van der Waals surface area contributed by atoms with Gasteiger partial charge in [0.05, 0.1) is 14.2 Å². The van der Waals surface area contributed by atoms with Gasteiger partial charge in [0.1, 0.15) is 17.0 Å². The first-order valence-corrected chi connectivity index (χ1v) is 12.5. The van der Waals surface area contributed by atoms with Crippen LogP contribution in [0.3, 0.4) is 0 Å². The van der Waals surface area contributed by atoms with Crippen molar-refractivity contribution in [2.45, 2.75) is 45.2 Å². The second-order valence-electron chi connectivity index (χ2n) is 10.00. The van der Waals surface area contributed by atoms with Gasteiger partial charge < -0.3 is 14.4 Å². The summed E-state index contributed by atoms with van der Waals surface area (Å²) in [6.07, 6.45) is 2.02. The summed E-state index contributed by atoms with van der Waals surface area (Å²) in [6.45, 7) is 7.47. The third-order valence-electron chi connectivity index (χ3n) is 7.20. The first-order chi connectivity index (χ1) is 16.9. The van der Waals surface area contributed by atoms with Gasteiger partial charge in [0.15, 0.2) is 0 Å². The molecule has 0 radical (unpaired) electrons. The maximum absolute atomic E-state index is 13.7. The molecule has 2 heterocycles. The van der Waals surface area contributed by atoms with Crippen molar-refractivity contribution in [2.75, 3.05) is 40.4 Å². The van der Waals surface area contributed by atoms with E-state index in [2.05, 4.69) is 17.0 Å². The zero-order valence-electron chi connectivity index (χ0n) is 21.3. The van der Waals surface area contributed by atoms with Crippen molar-refractivity contribution < 1.29 is 19.1 Å². The van der Waals surface area contributed by atoms with Crippen LogP contribution in [0.25, 0.3) is 0 Å². The minimum atomic E-state index is -0.741. The topological polar surface area (TPSA) is 62.3 Å². The fourth-order valence-electron chi connectivity index (χ4n) is 5.21. The van der Waals surface area contributed by atoms with E-state index in [1.807, 2.05) is 55.1 Å². The minimum absolute atomic E-state index is 0.0185. The number of amides is 3. The Morgan fingerprint density at radius 2 is 1.40 bits per heavy atom. The Bertz CT molecular complexity index is 1010. The Morgan fingerprint density at radius 3 is 1.91 bits per heavy atom. The third kappa shape index (κ3) is 5.30. The number of piperidine rings is 1. The third-order valence-corrected chi connectivity index (χ3v) is 7.20. The molecule has 0 aromatic heterocycles. The molecule has 3 amide bonds. The van der Waals surface area contributed by atoms with Gasteiger partial charge in [-0.3, -0.25) is 14.6 Å². The van der Waals surface area contributed by atoms with Gasteiger partial charge in [-0.15, -0.1) is 0 Å². The van der Waals surface area contributed by atoms with Crippen LogP contribution >= 0.6 is 0 Å². The summed E-state index contributed by atoms with van der Waals surface area (Å²) in [5, 5.41) is 0. The highest BCUT2D eigenvalue weighted by Gasteiger charge is 2.57. The second kappa shape index (κ2) is 10.7. The van der Waals surface area contributed by atoms with Gasteiger partial charge in [0.2, 0.25) is 0 Å². The molecule has 7 nitrogen and oxygen atoms in total. The molecule has 1 spiro atoms. The van der Waals surface area contributed by atoms with Gasteiger partial charge in [0, 0.05) is 32.7 Å². The van der Waals surface area contributed by atoms with E-state index in [-0.39, 0.29) is 17.9 Å². The zero-order valence-corrected chi connectivity index (χ0v) is 21.3. The summed E-state index contributed by atoms with van der Waals surface area (Å²) >= 11 is 0. The first kappa shape index (κ1) is 25.0. The Balaban J connectivity index is 1.47. The number of imide groups is 1. The Hall–Kier alpha value is -3.06. The van der Waals surface area contributed by atoms with Crippen LogP contribution in [-0.2, 0) is 17.8 Å². The number of ether oxygens (including phenoxy) is 2. The standard InChI is InChI=1S/C28H37N3O4/c1-21(2)19-30-26(32)28(31(27(30)33)16-13-22-5-9-24(34-3)10-6-22)14-17-29(18-15-28)20-23-7-11-25(35-4)12-8-23/h5-12,21H,13-20H2,1-4H3. The summed E-state index contributed by atoms with van der Waals surface area (Å²) in [7, 11) is 3.32. The monoisotopic (exact) mass is 479 g/mol. The Kier molecular flexibility index (Phi) is 7.65. The van der Waals surface area contributed by atoms with Crippen LogP contribution < -0.4 is 9.47 Å². The maximum Gasteiger partial charge on any atom is 0.327 e. The van der Waals surface area contributed by atoms with E-state index in [1.54, 1.807) is 14.2 Å². The van der Waals surface area contributed by atoms with Crippen molar-refractivity contribution in [1.29, 1.82) is 0 Å². The number of carbonyl (C=O) groups is 2. The summed E-state index contributed by atoms with van der Waals surface area (Å²) in [5.74, 6) is 1.87. The van der Waals surface area contributed by atoms with Gasteiger partial charge >= 0.3 is 6.03 Å². The van der Waals surface area contributed by atoms with Crippen molar-refractivity contribution in [3.63, 3.8) is 0 Å². The normalized spacial score (nSPS) is 18.1. The molecule has 2 aromatic rings. The van der Waals surface area contributed by atoms with Crippen molar-refractivity contribution in [3.05, 3.63) is 59.7 Å². The van der Waals surface area contributed by atoms with Crippen LogP contribution in [0.2, 0.25) is 0 Å². The van der Waals surface area contributed by atoms with Crippen molar-refractivity contribution >= 4 is 11.9 Å². The molecule has 0 saturated carbocycles. The molecule has 35 heavy (non-hydrogen) atoms. The number of methoxy groups -OCH3 is 2. The molecule has 2 aliphatic rings. The number of urea groups is 1. The second-order valence-corrected chi connectivity index (χ2v) is 10.00. The molecular weight excluding hydrogens is 442 g/mol. The molecule has 0 unspecified atom stereocenters. The predicted octanol–water partition coefficient (Wildman–Crippen LogP) is 4.20. The van der Waals surface area contributed by atoms with E-state index >= 15 is 0 Å². The Labute approximate surface area is 208 Å². The largest absolute Gasteiger partial charge is 0.497 e. The summed E-state index contributed by atoms with van der Waals surface area (Å²) in [5.41, 5.74) is 1.60. The lowest BCUT2D eigenvalue weighted by Crippen LogP contribution is -2.56. The molecule has 2 aromatic carbocycles. The highest BCUT2D eigenvalue weighted by molar-refractivity contribution is 6.07. The quantitative estimate of drug-likeness (QED) is 0.505. The molecule has 0 aliphatic carbocycles. The average Bonchev–Trinajstić information content (AvgIpc) is 3.05. The van der Waals surface area contributed by atoms with Crippen LogP contribution in [0.1, 0.15) is 37.8 Å². The molecule has 188 valence electrons. The highest BCUT2D eigenvalue weighted by Crippen LogP contribution is 2.38. The number of nitrogens with zero attached hydrogens (tertiary/aromatic N) is 3. The Morgan fingerprint density at radius 1 is 0.857 bits per heavy atom. The predicted molar refractivity (Wildman–Crippen MR) is 136 cm³/mol. The van der Waals surface area contributed by atoms with Gasteiger partial charge in [-0.05, 0) is 60.6 Å². The number of hydrogen-bond acceptors (Lipinski definition) is 5. The lowest BCUT2D eigenvalue weighted by atomic mass is 9.85. The van der Waals surface area contributed by atoms with E-state index < -0.39 is 5.54 Å². The number of benzene rings is 2. The molecule has 2 fully saturated rings. The molecule has 4 rings (SSSR count). The molecule has 2 aliphatic heterocycles. The lowest BCUT2D eigenvalue weighted by molar-refractivity contribution is -0.136. The summed E-state index contributed by atoms with van der Waals surface area (Å²) in [4.78, 5) is 32.9. The van der Waals surface area contributed by atoms with Crippen LogP contribution in [0, 0.1) is 5.92 Å². The highest BCUT2D eigenvalue weighted by atomic mass is 16.5. The van der Waals surface area contributed by atoms with E-state index in [4.69, 9.17) is 9.47 Å². The molecule has 0 atom stereocenters. The fraction of sp³-hybridized carbons (Fsp3) is 0.500. The number of likely N-dealkylation sites (tertiary alicyclic amines) is 1. The lowest BCUT2D eigenvalue weighted by Gasteiger charge is -2.42. The van der Waals surface area contributed by atoms with Crippen LogP contribution in [0.5, 0.6) is 11.5 Å². The molecule has 0 bridgehead atoms. The van der Waals surface area contributed by atoms with E-state index in [1.165, 1.54) is 10.5 Å². The smallest absolute Gasteiger partial charge is 0.327 e. The van der Waals surface area contributed by atoms with Crippen molar-refractivity contribution in [3.8, 4) is 11.5 Å². The zero-order chi connectivity index (χ0) is 25.0. The average molecular weight is 480 g/mol. The maximum atomic E-state index is 13.7. The summed E-state index contributed by atoms with van der Waals surface area (Å²) in [6, 6.07) is 15.9. The number of rotatable bonds is 9. The van der Waals surface area contributed by atoms with Crippen molar-refractivity contribution in [1.82, 2.24) is 14.7 Å². The van der Waals surface area contributed by atoms with Gasteiger partial charge in [-0.1, -0.05) is 38.1 Å². The van der Waals surface area contributed by atoms with Gasteiger partial charge in [0.25, 0.3) is 5.91 Å². The summed E-state index contributed by atoms with van der Waals surface area (Å²) < 4.78 is 10.5. The van der Waals surface area contributed by atoms with E-state index in [9.17, 15) is 9.59 Å².